The molecule has 0 bridgehead atoms. The lowest BCUT2D eigenvalue weighted by atomic mass is 10.1. The van der Waals surface area contributed by atoms with Crippen LogP contribution in [-0.4, -0.2) is 12.1 Å². The molecule has 2 aromatic carbocycles. The molecule has 0 radical (unpaired) electrons. The number of carbonyl (C=O) groups excluding carboxylic acids is 1. The van der Waals surface area contributed by atoms with E-state index in [1.54, 1.807) is 0 Å². The van der Waals surface area contributed by atoms with Crippen LogP contribution in [0.15, 0.2) is 60.7 Å². The first-order chi connectivity index (χ1) is 10.7. The Morgan fingerprint density at radius 3 is 2.00 bits per heavy atom. The number of esters is 1. The fraction of sp³-hybridized carbons (Fsp3) is 0.350. The van der Waals surface area contributed by atoms with E-state index in [9.17, 15) is 4.79 Å². The maximum absolute atomic E-state index is 11.5. The van der Waals surface area contributed by atoms with Crippen molar-refractivity contribution < 1.29 is 9.53 Å². The van der Waals surface area contributed by atoms with E-state index < -0.39 is 0 Å². The lowest BCUT2D eigenvalue weighted by Crippen LogP contribution is -2.16. The standard InChI is InChI=1S/C13H16O2.C7H8/c14-13(15-12-8-4-5-9-12)10-11-6-2-1-3-7-11;1-7-5-3-2-4-6-7/h1-3,6-7,12H,4-5,8-10H2;2-6H,1H3. The van der Waals surface area contributed by atoms with E-state index in [2.05, 4.69) is 19.1 Å². The van der Waals surface area contributed by atoms with Gasteiger partial charge in [0.25, 0.3) is 0 Å². The fourth-order valence-electron chi connectivity index (χ4n) is 2.53. The predicted octanol–water partition coefficient (Wildman–Crippen LogP) is 4.71. The van der Waals surface area contributed by atoms with Gasteiger partial charge in [0.2, 0.25) is 0 Å². The van der Waals surface area contributed by atoms with E-state index >= 15 is 0 Å². The first kappa shape index (κ1) is 16.3. The van der Waals surface area contributed by atoms with Gasteiger partial charge in [-0.3, -0.25) is 4.79 Å². The summed E-state index contributed by atoms with van der Waals surface area (Å²) in [5.74, 6) is -0.0897. The van der Waals surface area contributed by atoms with E-state index in [0.717, 1.165) is 18.4 Å². The molecule has 0 unspecified atom stereocenters. The first-order valence-electron chi connectivity index (χ1n) is 7.99. The molecule has 1 fully saturated rings. The zero-order chi connectivity index (χ0) is 15.6. The van der Waals surface area contributed by atoms with Crippen LogP contribution in [0.2, 0.25) is 0 Å². The normalized spacial score (nSPS) is 14.0. The Balaban J connectivity index is 0.000000211. The lowest BCUT2D eigenvalue weighted by molar-refractivity contribution is -0.147. The Bertz CT molecular complexity index is 542. The van der Waals surface area contributed by atoms with Gasteiger partial charge in [-0.05, 0) is 38.2 Å². The smallest absolute Gasteiger partial charge is 0.310 e. The second kappa shape index (κ2) is 9.04. The third kappa shape index (κ3) is 6.13. The van der Waals surface area contributed by atoms with Crippen LogP contribution in [-0.2, 0) is 16.0 Å². The van der Waals surface area contributed by atoms with Crippen molar-refractivity contribution >= 4 is 5.97 Å². The second-order valence-electron chi connectivity index (χ2n) is 5.71. The topological polar surface area (TPSA) is 26.3 Å². The largest absolute Gasteiger partial charge is 0.462 e. The fourth-order valence-corrected chi connectivity index (χ4v) is 2.53. The zero-order valence-corrected chi connectivity index (χ0v) is 13.2. The van der Waals surface area contributed by atoms with Gasteiger partial charge in [-0.15, -0.1) is 0 Å². The molecular formula is C20H24O2. The summed E-state index contributed by atoms with van der Waals surface area (Å²) in [6.07, 6.45) is 5.06. The number of carbonyl (C=O) groups is 1. The van der Waals surface area contributed by atoms with Crippen LogP contribution >= 0.6 is 0 Å². The summed E-state index contributed by atoms with van der Waals surface area (Å²) in [7, 11) is 0. The minimum atomic E-state index is -0.0897. The van der Waals surface area contributed by atoms with Crippen LogP contribution in [0, 0.1) is 6.92 Å². The van der Waals surface area contributed by atoms with Crippen LogP contribution in [0.1, 0.15) is 36.8 Å². The summed E-state index contributed by atoms with van der Waals surface area (Å²) >= 11 is 0. The summed E-state index contributed by atoms with van der Waals surface area (Å²) in [6, 6.07) is 20.0. The lowest BCUT2D eigenvalue weighted by Gasteiger charge is -2.10. The highest BCUT2D eigenvalue weighted by Gasteiger charge is 2.18. The molecule has 22 heavy (non-hydrogen) atoms. The highest BCUT2D eigenvalue weighted by atomic mass is 16.5. The molecule has 1 aliphatic rings. The monoisotopic (exact) mass is 296 g/mol. The van der Waals surface area contributed by atoms with Crippen molar-refractivity contribution in [2.45, 2.75) is 45.1 Å². The molecule has 2 nitrogen and oxygen atoms in total. The van der Waals surface area contributed by atoms with Gasteiger partial charge in [0.05, 0.1) is 6.42 Å². The average Bonchev–Trinajstić information content (AvgIpc) is 3.02. The summed E-state index contributed by atoms with van der Waals surface area (Å²) in [5, 5.41) is 0. The molecule has 0 saturated heterocycles. The third-order valence-electron chi connectivity index (χ3n) is 3.73. The van der Waals surface area contributed by atoms with Gasteiger partial charge in [0.15, 0.2) is 0 Å². The molecule has 0 aromatic heterocycles. The van der Waals surface area contributed by atoms with Crippen molar-refractivity contribution in [3.05, 3.63) is 71.8 Å². The van der Waals surface area contributed by atoms with E-state index in [-0.39, 0.29) is 12.1 Å². The van der Waals surface area contributed by atoms with Gasteiger partial charge in [0.1, 0.15) is 6.10 Å². The number of rotatable bonds is 3. The molecule has 0 atom stereocenters. The summed E-state index contributed by atoms with van der Waals surface area (Å²) in [4.78, 5) is 11.5. The third-order valence-corrected chi connectivity index (χ3v) is 3.73. The van der Waals surface area contributed by atoms with Gasteiger partial charge < -0.3 is 4.74 Å². The minimum absolute atomic E-state index is 0.0897. The van der Waals surface area contributed by atoms with Gasteiger partial charge >= 0.3 is 5.97 Å². The Hall–Kier alpha value is -2.09. The van der Waals surface area contributed by atoms with Crippen LogP contribution in [0.4, 0.5) is 0 Å². The number of aryl methyl sites for hydroxylation is 1. The van der Waals surface area contributed by atoms with Gasteiger partial charge in [-0.1, -0.05) is 66.2 Å². The summed E-state index contributed by atoms with van der Waals surface area (Å²) < 4.78 is 5.38. The van der Waals surface area contributed by atoms with Crippen molar-refractivity contribution in [2.24, 2.45) is 0 Å². The maximum atomic E-state index is 11.5. The minimum Gasteiger partial charge on any atom is -0.462 e. The molecule has 0 heterocycles. The van der Waals surface area contributed by atoms with Crippen molar-refractivity contribution in [3.63, 3.8) is 0 Å². The van der Waals surface area contributed by atoms with Crippen molar-refractivity contribution in [3.8, 4) is 0 Å². The molecule has 1 saturated carbocycles. The van der Waals surface area contributed by atoms with Gasteiger partial charge in [0, 0.05) is 0 Å². The average molecular weight is 296 g/mol. The SMILES string of the molecule is Cc1ccccc1.O=C(Cc1ccccc1)OC1CCCC1. The molecule has 0 aliphatic heterocycles. The van der Waals surface area contributed by atoms with Crippen LogP contribution in [0.3, 0.4) is 0 Å². The summed E-state index contributed by atoms with van der Waals surface area (Å²) in [5.41, 5.74) is 2.35. The predicted molar refractivity (Wildman–Crippen MR) is 89.7 cm³/mol. The molecular weight excluding hydrogens is 272 g/mol. The van der Waals surface area contributed by atoms with Crippen molar-refractivity contribution in [1.82, 2.24) is 0 Å². The quantitative estimate of drug-likeness (QED) is 0.767. The molecule has 2 heteroatoms. The van der Waals surface area contributed by atoms with Crippen molar-refractivity contribution in [1.29, 1.82) is 0 Å². The van der Waals surface area contributed by atoms with Crippen LogP contribution < -0.4 is 0 Å². The zero-order valence-electron chi connectivity index (χ0n) is 13.2. The Morgan fingerprint density at radius 1 is 0.955 bits per heavy atom. The number of hydrogen-bond donors (Lipinski definition) is 0. The highest BCUT2D eigenvalue weighted by molar-refractivity contribution is 5.72. The second-order valence-corrected chi connectivity index (χ2v) is 5.71. The molecule has 0 spiro atoms. The number of benzene rings is 2. The van der Waals surface area contributed by atoms with Crippen LogP contribution in [0.5, 0.6) is 0 Å². The molecule has 3 rings (SSSR count). The van der Waals surface area contributed by atoms with Gasteiger partial charge in [-0.2, -0.15) is 0 Å². The van der Waals surface area contributed by atoms with Crippen molar-refractivity contribution in [2.75, 3.05) is 0 Å². The maximum Gasteiger partial charge on any atom is 0.310 e. The number of ether oxygens (including phenoxy) is 1. The number of hydrogen-bond acceptors (Lipinski definition) is 2. The molecule has 2 aromatic rings. The van der Waals surface area contributed by atoms with E-state index in [0.29, 0.717) is 6.42 Å². The molecule has 0 N–H and O–H groups in total. The Labute approximate surface area is 133 Å². The molecule has 116 valence electrons. The van der Waals surface area contributed by atoms with Crippen LogP contribution in [0.25, 0.3) is 0 Å². The molecule has 0 amide bonds. The van der Waals surface area contributed by atoms with E-state index in [1.807, 2.05) is 48.5 Å². The Morgan fingerprint density at radius 2 is 1.50 bits per heavy atom. The highest BCUT2D eigenvalue weighted by Crippen LogP contribution is 2.21. The van der Waals surface area contributed by atoms with Gasteiger partial charge in [-0.25, -0.2) is 0 Å². The Kier molecular flexibility index (Phi) is 6.69. The van der Waals surface area contributed by atoms with E-state index in [4.69, 9.17) is 4.74 Å². The molecule has 1 aliphatic carbocycles. The first-order valence-corrected chi connectivity index (χ1v) is 7.99. The summed E-state index contributed by atoms with van der Waals surface area (Å²) in [6.45, 7) is 2.08. The van der Waals surface area contributed by atoms with E-state index in [1.165, 1.54) is 18.4 Å².